The molecule has 0 atom stereocenters. The number of hydrogen-bond donors (Lipinski definition) is 0. The maximum absolute atomic E-state index is 10.7. The van der Waals surface area contributed by atoms with Crippen molar-refractivity contribution in [1.29, 1.82) is 0 Å². The fourth-order valence-electron chi connectivity index (χ4n) is 2.53. The van der Waals surface area contributed by atoms with Crippen LogP contribution in [0.25, 0.3) is 0 Å². The summed E-state index contributed by atoms with van der Waals surface area (Å²) >= 11 is 0. The standard InChI is InChI=1S/C16H23NO3/c1-19-16-12-14(13-18)6-7-15(16)20-11-5-10-17-8-3-2-4-9-17/h6-7,12-13H,2-5,8-11H2,1H3. The van der Waals surface area contributed by atoms with Crippen LogP contribution in [0.3, 0.4) is 0 Å². The summed E-state index contributed by atoms with van der Waals surface area (Å²) in [6.45, 7) is 4.21. The van der Waals surface area contributed by atoms with Gasteiger partial charge in [0.15, 0.2) is 11.5 Å². The molecule has 0 aromatic heterocycles. The number of rotatable bonds is 7. The second-order valence-electron chi connectivity index (χ2n) is 5.13. The quantitative estimate of drug-likeness (QED) is 0.567. The van der Waals surface area contributed by atoms with Crippen molar-refractivity contribution >= 4 is 6.29 Å². The fourth-order valence-corrected chi connectivity index (χ4v) is 2.53. The van der Waals surface area contributed by atoms with E-state index in [0.29, 0.717) is 23.7 Å². The van der Waals surface area contributed by atoms with Gasteiger partial charge in [0.1, 0.15) is 6.29 Å². The average molecular weight is 277 g/mol. The highest BCUT2D eigenvalue weighted by atomic mass is 16.5. The minimum absolute atomic E-state index is 0.600. The first-order valence-corrected chi connectivity index (χ1v) is 7.32. The van der Waals surface area contributed by atoms with Crippen LogP contribution in [-0.2, 0) is 0 Å². The van der Waals surface area contributed by atoms with Crippen molar-refractivity contribution < 1.29 is 14.3 Å². The van der Waals surface area contributed by atoms with E-state index < -0.39 is 0 Å². The molecule has 1 fully saturated rings. The lowest BCUT2D eigenvalue weighted by molar-refractivity contribution is 0.112. The molecule has 1 aliphatic rings. The summed E-state index contributed by atoms with van der Waals surface area (Å²) in [6.07, 6.45) is 5.83. The lowest BCUT2D eigenvalue weighted by atomic mass is 10.1. The second kappa shape index (κ2) is 7.90. The predicted molar refractivity (Wildman–Crippen MR) is 78.8 cm³/mol. The first-order chi connectivity index (χ1) is 9.83. The van der Waals surface area contributed by atoms with E-state index in [1.54, 1.807) is 25.3 Å². The van der Waals surface area contributed by atoms with E-state index in [-0.39, 0.29) is 0 Å². The molecule has 1 aromatic carbocycles. The van der Waals surface area contributed by atoms with Crippen LogP contribution in [0, 0.1) is 0 Å². The summed E-state index contributed by atoms with van der Waals surface area (Å²) in [6, 6.07) is 5.24. The molecule has 0 amide bonds. The van der Waals surface area contributed by atoms with Crippen molar-refractivity contribution in [3.63, 3.8) is 0 Å². The van der Waals surface area contributed by atoms with Gasteiger partial charge in [-0.05, 0) is 50.6 Å². The zero-order valence-corrected chi connectivity index (χ0v) is 12.1. The molecule has 1 saturated heterocycles. The second-order valence-corrected chi connectivity index (χ2v) is 5.13. The van der Waals surface area contributed by atoms with Crippen LogP contribution in [0.15, 0.2) is 18.2 Å². The van der Waals surface area contributed by atoms with E-state index in [1.165, 1.54) is 32.4 Å². The van der Waals surface area contributed by atoms with Gasteiger partial charge in [-0.25, -0.2) is 0 Å². The minimum Gasteiger partial charge on any atom is -0.493 e. The zero-order valence-electron chi connectivity index (χ0n) is 12.1. The van der Waals surface area contributed by atoms with Crippen molar-refractivity contribution in [3.05, 3.63) is 23.8 Å². The Morgan fingerprint density at radius 1 is 1.20 bits per heavy atom. The van der Waals surface area contributed by atoms with Gasteiger partial charge in [0.2, 0.25) is 0 Å². The monoisotopic (exact) mass is 277 g/mol. The van der Waals surface area contributed by atoms with E-state index in [1.807, 2.05) is 0 Å². The Kier molecular flexibility index (Phi) is 5.87. The number of likely N-dealkylation sites (tertiary alicyclic amines) is 1. The van der Waals surface area contributed by atoms with Crippen LogP contribution in [-0.4, -0.2) is 44.5 Å². The SMILES string of the molecule is COc1cc(C=O)ccc1OCCCN1CCCCC1. The molecule has 2 rings (SSSR count). The smallest absolute Gasteiger partial charge is 0.161 e. The van der Waals surface area contributed by atoms with E-state index in [0.717, 1.165) is 19.3 Å². The Labute approximate surface area is 120 Å². The maximum Gasteiger partial charge on any atom is 0.161 e. The summed E-state index contributed by atoms with van der Waals surface area (Å²) in [7, 11) is 1.59. The Balaban J connectivity index is 1.77. The van der Waals surface area contributed by atoms with Gasteiger partial charge < -0.3 is 14.4 Å². The molecule has 0 bridgehead atoms. The maximum atomic E-state index is 10.7. The molecule has 4 nitrogen and oxygen atoms in total. The van der Waals surface area contributed by atoms with Crippen LogP contribution >= 0.6 is 0 Å². The summed E-state index contributed by atoms with van der Waals surface area (Å²) in [5.41, 5.74) is 0.600. The van der Waals surface area contributed by atoms with Gasteiger partial charge in [-0.1, -0.05) is 6.42 Å². The van der Waals surface area contributed by atoms with Crippen molar-refractivity contribution in [2.24, 2.45) is 0 Å². The molecule has 110 valence electrons. The Morgan fingerprint density at radius 2 is 2.00 bits per heavy atom. The summed E-state index contributed by atoms with van der Waals surface area (Å²) < 4.78 is 11.0. The third-order valence-electron chi connectivity index (χ3n) is 3.65. The molecule has 0 unspecified atom stereocenters. The van der Waals surface area contributed by atoms with Gasteiger partial charge in [-0.3, -0.25) is 4.79 Å². The van der Waals surface area contributed by atoms with Gasteiger partial charge >= 0.3 is 0 Å². The lowest BCUT2D eigenvalue weighted by Crippen LogP contribution is -2.31. The van der Waals surface area contributed by atoms with Crippen molar-refractivity contribution in [2.75, 3.05) is 33.4 Å². The molecule has 0 saturated carbocycles. The highest BCUT2D eigenvalue weighted by Crippen LogP contribution is 2.27. The molecule has 4 heteroatoms. The third kappa shape index (κ3) is 4.23. The van der Waals surface area contributed by atoms with E-state index >= 15 is 0 Å². The number of carbonyl (C=O) groups excluding carboxylic acids is 1. The molecule has 0 spiro atoms. The van der Waals surface area contributed by atoms with Crippen LogP contribution in [0.4, 0.5) is 0 Å². The van der Waals surface area contributed by atoms with Gasteiger partial charge in [0, 0.05) is 12.1 Å². The molecule has 0 radical (unpaired) electrons. The summed E-state index contributed by atoms with van der Waals surface area (Å²) in [5, 5.41) is 0. The zero-order chi connectivity index (χ0) is 14.2. The fraction of sp³-hybridized carbons (Fsp3) is 0.562. The number of nitrogens with zero attached hydrogens (tertiary/aromatic N) is 1. The Hall–Kier alpha value is -1.55. The van der Waals surface area contributed by atoms with Gasteiger partial charge in [-0.2, -0.15) is 0 Å². The average Bonchev–Trinajstić information content (AvgIpc) is 2.52. The number of methoxy groups -OCH3 is 1. The van der Waals surface area contributed by atoms with E-state index in [2.05, 4.69) is 4.90 Å². The Bertz CT molecular complexity index is 428. The molecule has 0 aliphatic carbocycles. The van der Waals surface area contributed by atoms with E-state index in [9.17, 15) is 4.79 Å². The first-order valence-electron chi connectivity index (χ1n) is 7.32. The largest absolute Gasteiger partial charge is 0.493 e. The van der Waals surface area contributed by atoms with Crippen LogP contribution in [0.5, 0.6) is 11.5 Å². The molecule has 1 aromatic rings. The van der Waals surface area contributed by atoms with Gasteiger partial charge in [0.05, 0.1) is 13.7 Å². The molecular weight excluding hydrogens is 254 g/mol. The predicted octanol–water partition coefficient (Wildman–Crippen LogP) is 2.76. The topological polar surface area (TPSA) is 38.8 Å². The highest BCUT2D eigenvalue weighted by Gasteiger charge is 2.10. The number of piperidine rings is 1. The number of ether oxygens (including phenoxy) is 2. The normalized spacial score (nSPS) is 15.8. The van der Waals surface area contributed by atoms with Crippen LogP contribution in [0.2, 0.25) is 0 Å². The van der Waals surface area contributed by atoms with Crippen LogP contribution in [0.1, 0.15) is 36.0 Å². The van der Waals surface area contributed by atoms with Gasteiger partial charge in [-0.15, -0.1) is 0 Å². The number of benzene rings is 1. The highest BCUT2D eigenvalue weighted by molar-refractivity contribution is 5.76. The molecule has 1 heterocycles. The molecule has 20 heavy (non-hydrogen) atoms. The minimum atomic E-state index is 0.600. The van der Waals surface area contributed by atoms with Crippen molar-refractivity contribution in [3.8, 4) is 11.5 Å². The number of carbonyl (C=O) groups is 1. The van der Waals surface area contributed by atoms with Crippen molar-refractivity contribution in [2.45, 2.75) is 25.7 Å². The van der Waals surface area contributed by atoms with Crippen LogP contribution < -0.4 is 9.47 Å². The third-order valence-corrected chi connectivity index (χ3v) is 3.65. The number of hydrogen-bond acceptors (Lipinski definition) is 4. The molecular formula is C16H23NO3. The van der Waals surface area contributed by atoms with Gasteiger partial charge in [0.25, 0.3) is 0 Å². The molecule has 1 aliphatic heterocycles. The summed E-state index contributed by atoms with van der Waals surface area (Å²) in [5.74, 6) is 1.32. The summed E-state index contributed by atoms with van der Waals surface area (Å²) in [4.78, 5) is 13.2. The Morgan fingerprint density at radius 3 is 2.70 bits per heavy atom. The number of aldehydes is 1. The molecule has 0 N–H and O–H groups in total. The van der Waals surface area contributed by atoms with Crippen molar-refractivity contribution in [1.82, 2.24) is 4.90 Å². The lowest BCUT2D eigenvalue weighted by Gasteiger charge is -2.26. The first kappa shape index (κ1) is 14.9. The van der Waals surface area contributed by atoms with E-state index in [4.69, 9.17) is 9.47 Å².